The first-order valence-corrected chi connectivity index (χ1v) is 30.7. The molecule has 0 radical (unpaired) electrons. The summed E-state index contributed by atoms with van der Waals surface area (Å²) in [6.45, 7) is 14.1. The molecular weight excluding hydrogens is 975 g/mol. The van der Waals surface area contributed by atoms with E-state index in [1.165, 1.54) is 204 Å². The molecule has 0 amide bonds. The van der Waals surface area contributed by atoms with E-state index >= 15 is 0 Å². The number of aryl methyl sites for hydroxylation is 6. The fourth-order valence-electron chi connectivity index (χ4n) is 11.1. The Morgan fingerprint density at radius 3 is 0.859 bits per heavy atom. The van der Waals surface area contributed by atoms with Gasteiger partial charge in [-0.2, -0.15) is 11.6 Å². The van der Waals surface area contributed by atoms with E-state index in [9.17, 15) is 0 Å². The van der Waals surface area contributed by atoms with Gasteiger partial charge in [-0.3, -0.25) is 0 Å². The molecule has 5 aromatic carbocycles. The van der Waals surface area contributed by atoms with Crippen molar-refractivity contribution in [1.29, 1.82) is 0 Å². The van der Waals surface area contributed by atoms with Crippen LogP contribution in [-0.2, 0) is 66.7 Å². The van der Waals surface area contributed by atoms with Crippen LogP contribution < -0.4 is 58.0 Å². The normalized spacial score (nSPS) is 11.1. The van der Waals surface area contributed by atoms with Crippen LogP contribution in [0.3, 0.4) is 0 Å². The van der Waals surface area contributed by atoms with Crippen LogP contribution >= 0.6 is 0 Å². The van der Waals surface area contributed by atoms with E-state index in [1.807, 2.05) is 0 Å². The number of halogens is 3. The van der Waals surface area contributed by atoms with Gasteiger partial charge in [-0.05, 0) is 122 Å². The second-order valence-electron chi connectivity index (χ2n) is 20.9. The molecule has 0 saturated heterocycles. The Balaban J connectivity index is 0.00000630. The van der Waals surface area contributed by atoms with Crippen LogP contribution in [0, 0.1) is 0 Å². The van der Waals surface area contributed by atoms with Gasteiger partial charge in [-0.15, -0.1) is 5.19 Å². The van der Waals surface area contributed by atoms with Crippen molar-refractivity contribution in [2.45, 2.75) is 241 Å². The molecule has 0 saturated carbocycles. The van der Waals surface area contributed by atoms with Crippen molar-refractivity contribution >= 4 is 28.8 Å². The molecule has 0 aromatic heterocycles. The molecule has 0 heterocycles. The summed E-state index contributed by atoms with van der Waals surface area (Å²) >= 11 is 0. The first-order valence-electron chi connectivity index (χ1n) is 28.7. The van der Waals surface area contributed by atoms with Gasteiger partial charge in [0.15, 0.2) is 0 Å². The van der Waals surface area contributed by atoms with Gasteiger partial charge in [-0.25, -0.2) is 12.1 Å². The zero-order valence-corrected chi connectivity index (χ0v) is 50.7. The van der Waals surface area contributed by atoms with Gasteiger partial charge < -0.3 is 37.2 Å². The average Bonchev–Trinajstić information content (AvgIpc) is 3.80. The summed E-state index contributed by atoms with van der Waals surface area (Å²) in [4.78, 5) is 0. The van der Waals surface area contributed by atoms with E-state index in [-0.39, 0.29) is 58.9 Å². The van der Waals surface area contributed by atoms with E-state index in [4.69, 9.17) is 0 Å². The van der Waals surface area contributed by atoms with Crippen molar-refractivity contribution in [2.24, 2.45) is 0 Å². The molecule has 390 valence electrons. The van der Waals surface area contributed by atoms with E-state index in [1.54, 1.807) is 54.1 Å². The largest absolute Gasteiger partial charge is 4.00 e. The first-order chi connectivity index (χ1) is 33.0. The summed E-state index contributed by atoms with van der Waals surface area (Å²) in [6, 6.07) is 43.7. The van der Waals surface area contributed by atoms with Crippen molar-refractivity contribution < 1.29 is 58.9 Å². The number of hydrogen-bond donors (Lipinski definition) is 0. The maximum atomic E-state index is 2.79. The smallest absolute Gasteiger partial charge is 1.00 e. The van der Waals surface area contributed by atoms with Crippen molar-refractivity contribution in [3.63, 3.8) is 0 Å². The van der Waals surface area contributed by atoms with Crippen molar-refractivity contribution in [2.75, 3.05) is 0 Å². The third-order valence-electron chi connectivity index (χ3n) is 14.9. The summed E-state index contributed by atoms with van der Waals surface area (Å²) < 4.78 is 0. The Morgan fingerprint density at radius 2 is 0.592 bits per heavy atom. The van der Waals surface area contributed by atoms with Crippen LogP contribution in [0.15, 0.2) is 103 Å². The molecule has 0 aliphatic heterocycles. The summed E-state index contributed by atoms with van der Waals surface area (Å²) in [7, 11) is -2.96. The summed E-state index contributed by atoms with van der Waals surface area (Å²) in [5.41, 5.74) is 12.4. The fourth-order valence-corrected chi connectivity index (χ4v) is 16.4. The molecule has 5 aromatic rings. The maximum Gasteiger partial charge on any atom is 4.00 e. The van der Waals surface area contributed by atoms with Crippen LogP contribution in [0.4, 0.5) is 0 Å². The molecule has 71 heavy (non-hydrogen) atoms. The second-order valence-corrected chi connectivity index (χ2v) is 24.6. The molecule has 5 heteroatoms. The molecule has 0 atom stereocenters. The summed E-state index contributed by atoms with van der Waals surface area (Å²) in [5, 5.41) is 6.57. The molecular formula is C66H97Cl3SiTi. The Hall–Kier alpha value is -1.97. The average molecular weight is 1070 g/mol. The van der Waals surface area contributed by atoms with Crippen LogP contribution in [0.1, 0.15) is 240 Å². The molecule has 0 aliphatic rings. The molecule has 0 unspecified atom stereocenters. The molecule has 5 rings (SSSR count). The second kappa shape index (κ2) is 39.4. The van der Waals surface area contributed by atoms with Gasteiger partial charge in [0, 0.05) is 0 Å². The Morgan fingerprint density at radius 1 is 0.310 bits per heavy atom. The SMILES string of the molecule is CCCCCCc1cc(CCCCCC)cc([Si](c2cc(CCCCCC)cc(CCCCCC)c2)(c2cc(CCCCCC)cc(CCCCCC)c2)[c-]2cccc2Cc2ccccc2)c1.[Cl-].[Cl-].[Cl-].[Ti+4]. The zero-order valence-electron chi connectivity index (χ0n) is 45.9. The first kappa shape index (κ1) is 67.0. The van der Waals surface area contributed by atoms with Gasteiger partial charge >= 0.3 is 21.7 Å². The maximum absolute atomic E-state index is 2.96. The van der Waals surface area contributed by atoms with Crippen LogP contribution in [0.25, 0.3) is 0 Å². The molecule has 0 N–H and O–H groups in total. The predicted octanol–water partition coefficient (Wildman–Crippen LogP) is 8.12. The van der Waals surface area contributed by atoms with Crippen molar-refractivity contribution in [3.05, 3.63) is 148 Å². The Bertz CT molecular complexity index is 1820. The summed E-state index contributed by atoms with van der Waals surface area (Å²) in [6.07, 6.45) is 39.3. The summed E-state index contributed by atoms with van der Waals surface area (Å²) in [5.74, 6) is 0. The minimum Gasteiger partial charge on any atom is -1.00 e. The molecule has 0 fully saturated rings. The van der Waals surface area contributed by atoms with Gasteiger partial charge in [0.25, 0.3) is 0 Å². The van der Waals surface area contributed by atoms with Crippen molar-refractivity contribution in [3.8, 4) is 0 Å². The van der Waals surface area contributed by atoms with Gasteiger partial charge in [0.2, 0.25) is 0 Å². The Labute approximate surface area is 472 Å². The van der Waals surface area contributed by atoms with Crippen LogP contribution in [-0.4, -0.2) is 8.07 Å². The topological polar surface area (TPSA) is 0 Å². The Kier molecular flexibility index (Phi) is 37.2. The fraction of sp³-hybridized carbons (Fsp3) is 0.561. The molecule has 0 nitrogen and oxygen atoms in total. The zero-order chi connectivity index (χ0) is 47.4. The number of hydrogen-bond acceptors (Lipinski definition) is 0. The van der Waals surface area contributed by atoms with E-state index < -0.39 is 8.07 Å². The number of unbranched alkanes of at least 4 members (excludes halogenated alkanes) is 18. The number of benzene rings is 4. The molecule has 0 bridgehead atoms. The monoisotopic (exact) mass is 1070 g/mol. The van der Waals surface area contributed by atoms with E-state index in [0.29, 0.717) is 0 Å². The van der Waals surface area contributed by atoms with Gasteiger partial charge in [0.05, 0.1) is 0 Å². The van der Waals surface area contributed by atoms with Gasteiger partial charge in [-0.1, -0.05) is 258 Å². The minimum atomic E-state index is -2.96. The third-order valence-corrected chi connectivity index (χ3v) is 19.7. The van der Waals surface area contributed by atoms with Crippen molar-refractivity contribution in [1.82, 2.24) is 0 Å². The quantitative estimate of drug-likeness (QED) is 0.0165. The van der Waals surface area contributed by atoms with Crippen LogP contribution in [0.2, 0.25) is 0 Å². The third kappa shape index (κ3) is 22.0. The van der Waals surface area contributed by atoms with Gasteiger partial charge in [0.1, 0.15) is 8.07 Å². The molecule has 0 spiro atoms. The standard InChI is InChI=1S/C66H97Si.3ClH.Ti/c1-7-13-19-26-37-56-45-57(38-27-20-14-8-2)50-63(49-56)67(66-44-34-43-62(66)48-55-35-32-25-33-36-55,64-51-58(39-28-21-15-9-3)46-59(52-64)40-29-22-16-10-4)65-53-60(41-30-23-17-11-5)47-61(54-65)42-31-24-18-12-6;;;;/h25,32-36,43-47,49-54H,7-24,26-31,37-42,48H2,1-6H3;3*1H;/q-1;;;;+4/p-3. The molecule has 0 aliphatic carbocycles. The van der Waals surface area contributed by atoms with Crippen LogP contribution in [0.5, 0.6) is 0 Å². The predicted molar refractivity (Wildman–Crippen MR) is 302 cm³/mol. The van der Waals surface area contributed by atoms with E-state index in [0.717, 1.165) is 6.42 Å². The van der Waals surface area contributed by atoms with E-state index in [2.05, 4.69) is 145 Å². The minimum absolute atomic E-state index is 0. The number of rotatable bonds is 36.